The lowest BCUT2D eigenvalue weighted by Gasteiger charge is -2.15. The van der Waals surface area contributed by atoms with Crippen molar-refractivity contribution >= 4 is 11.3 Å². The van der Waals surface area contributed by atoms with E-state index in [4.69, 9.17) is 4.74 Å². The highest BCUT2D eigenvalue weighted by molar-refractivity contribution is 7.11. The maximum absolute atomic E-state index is 5.40. The Kier molecular flexibility index (Phi) is 5.15. The SMILES string of the molecule is COc1ccccc1CC(C)NCc1sc(C)nc1C. The van der Waals surface area contributed by atoms with Crippen LogP contribution in [0.4, 0.5) is 0 Å². The number of aromatic nitrogens is 1. The lowest BCUT2D eigenvalue weighted by atomic mass is 10.1. The molecule has 2 aromatic rings. The third-order valence-electron chi connectivity index (χ3n) is 3.33. The fourth-order valence-electron chi connectivity index (χ4n) is 2.28. The molecule has 2 rings (SSSR count). The number of nitrogens with zero attached hydrogens (tertiary/aromatic N) is 1. The summed E-state index contributed by atoms with van der Waals surface area (Å²) in [5.41, 5.74) is 2.39. The molecule has 0 aliphatic heterocycles. The molecule has 1 aromatic heterocycles. The minimum atomic E-state index is 0.396. The van der Waals surface area contributed by atoms with Crippen LogP contribution < -0.4 is 10.1 Å². The number of nitrogens with one attached hydrogen (secondary N) is 1. The van der Waals surface area contributed by atoms with Gasteiger partial charge in [-0.15, -0.1) is 11.3 Å². The van der Waals surface area contributed by atoms with Crippen LogP contribution in [0, 0.1) is 13.8 Å². The van der Waals surface area contributed by atoms with Crippen LogP contribution in [0.2, 0.25) is 0 Å². The van der Waals surface area contributed by atoms with Crippen LogP contribution in [-0.4, -0.2) is 18.1 Å². The van der Waals surface area contributed by atoms with E-state index >= 15 is 0 Å². The van der Waals surface area contributed by atoms with Gasteiger partial charge in [-0.1, -0.05) is 18.2 Å². The summed E-state index contributed by atoms with van der Waals surface area (Å²) in [7, 11) is 1.72. The summed E-state index contributed by atoms with van der Waals surface area (Å²) in [6, 6.07) is 8.59. The molecule has 0 spiro atoms. The molecular formula is C16H22N2OS. The van der Waals surface area contributed by atoms with E-state index in [-0.39, 0.29) is 0 Å². The molecule has 4 heteroatoms. The quantitative estimate of drug-likeness (QED) is 0.884. The van der Waals surface area contributed by atoms with Gasteiger partial charge in [0, 0.05) is 17.5 Å². The van der Waals surface area contributed by atoms with Gasteiger partial charge >= 0.3 is 0 Å². The van der Waals surface area contributed by atoms with Crippen LogP contribution in [0.15, 0.2) is 24.3 Å². The Bertz CT molecular complexity index is 565. The zero-order valence-electron chi connectivity index (χ0n) is 12.6. The first-order chi connectivity index (χ1) is 9.60. The summed E-state index contributed by atoms with van der Waals surface area (Å²) in [5, 5.41) is 4.70. The smallest absolute Gasteiger partial charge is 0.122 e. The van der Waals surface area contributed by atoms with Crippen molar-refractivity contribution in [3.05, 3.63) is 45.4 Å². The zero-order chi connectivity index (χ0) is 14.5. The second-order valence-electron chi connectivity index (χ2n) is 5.04. The number of benzene rings is 1. The van der Waals surface area contributed by atoms with Crippen molar-refractivity contribution in [3.8, 4) is 5.75 Å². The lowest BCUT2D eigenvalue weighted by Crippen LogP contribution is -2.27. The number of ether oxygens (including phenoxy) is 1. The maximum Gasteiger partial charge on any atom is 0.122 e. The number of hydrogen-bond donors (Lipinski definition) is 1. The summed E-state index contributed by atoms with van der Waals surface area (Å²) in [6.07, 6.45) is 0.959. The van der Waals surface area contributed by atoms with Crippen molar-refractivity contribution in [1.29, 1.82) is 0 Å². The van der Waals surface area contributed by atoms with Gasteiger partial charge in [0.05, 0.1) is 17.8 Å². The molecule has 0 aliphatic carbocycles. The van der Waals surface area contributed by atoms with Crippen molar-refractivity contribution < 1.29 is 4.74 Å². The van der Waals surface area contributed by atoms with Crippen molar-refractivity contribution in [2.45, 2.75) is 39.8 Å². The van der Waals surface area contributed by atoms with Gasteiger partial charge in [-0.05, 0) is 38.8 Å². The molecule has 0 fully saturated rings. The Morgan fingerprint density at radius 3 is 2.70 bits per heavy atom. The van der Waals surface area contributed by atoms with Crippen LogP contribution in [0.5, 0.6) is 5.75 Å². The molecule has 0 amide bonds. The number of methoxy groups -OCH3 is 1. The largest absolute Gasteiger partial charge is 0.496 e. The highest BCUT2D eigenvalue weighted by Gasteiger charge is 2.10. The summed E-state index contributed by atoms with van der Waals surface area (Å²) < 4.78 is 5.40. The van der Waals surface area contributed by atoms with E-state index in [2.05, 4.69) is 43.2 Å². The van der Waals surface area contributed by atoms with Crippen LogP contribution in [0.1, 0.15) is 28.1 Å². The Balaban J connectivity index is 1.92. The second-order valence-corrected chi connectivity index (χ2v) is 6.33. The van der Waals surface area contributed by atoms with Gasteiger partial charge in [-0.25, -0.2) is 4.98 Å². The topological polar surface area (TPSA) is 34.1 Å². The highest BCUT2D eigenvalue weighted by Crippen LogP contribution is 2.20. The normalized spacial score (nSPS) is 12.4. The fourth-order valence-corrected chi connectivity index (χ4v) is 3.17. The van der Waals surface area contributed by atoms with Crippen LogP contribution in [0.25, 0.3) is 0 Å². The number of aryl methyl sites for hydroxylation is 2. The third kappa shape index (κ3) is 3.81. The molecule has 0 saturated heterocycles. The summed E-state index contributed by atoms with van der Waals surface area (Å²) in [5.74, 6) is 0.964. The van der Waals surface area contributed by atoms with Crippen molar-refractivity contribution in [3.63, 3.8) is 0 Å². The standard InChI is InChI=1S/C16H22N2OS/c1-11(9-14-7-5-6-8-15(14)19-4)17-10-16-12(2)18-13(3)20-16/h5-8,11,17H,9-10H2,1-4H3. The zero-order valence-corrected chi connectivity index (χ0v) is 13.4. The predicted octanol–water partition coefficient (Wildman–Crippen LogP) is 3.49. The van der Waals surface area contributed by atoms with Crippen LogP contribution in [-0.2, 0) is 13.0 Å². The molecular weight excluding hydrogens is 268 g/mol. The van der Waals surface area contributed by atoms with E-state index in [1.165, 1.54) is 10.4 Å². The van der Waals surface area contributed by atoms with E-state index in [0.29, 0.717) is 6.04 Å². The maximum atomic E-state index is 5.40. The molecule has 1 atom stereocenters. The molecule has 0 aliphatic rings. The number of rotatable bonds is 6. The van der Waals surface area contributed by atoms with Gasteiger partial charge < -0.3 is 10.1 Å². The molecule has 3 nitrogen and oxygen atoms in total. The molecule has 1 N–H and O–H groups in total. The first-order valence-electron chi connectivity index (χ1n) is 6.88. The predicted molar refractivity (Wildman–Crippen MR) is 84.6 cm³/mol. The molecule has 0 saturated carbocycles. The Morgan fingerprint density at radius 2 is 2.05 bits per heavy atom. The molecule has 108 valence electrons. The Hall–Kier alpha value is -1.39. The highest BCUT2D eigenvalue weighted by atomic mass is 32.1. The van der Waals surface area contributed by atoms with Gasteiger partial charge in [0.15, 0.2) is 0 Å². The minimum Gasteiger partial charge on any atom is -0.496 e. The number of hydrogen-bond acceptors (Lipinski definition) is 4. The van der Waals surface area contributed by atoms with Crippen LogP contribution in [0.3, 0.4) is 0 Å². The average molecular weight is 290 g/mol. The van der Waals surface area contributed by atoms with Gasteiger partial charge in [-0.2, -0.15) is 0 Å². The fraction of sp³-hybridized carbons (Fsp3) is 0.438. The first kappa shape index (κ1) is 15.0. The average Bonchev–Trinajstić information content (AvgIpc) is 2.75. The Morgan fingerprint density at radius 1 is 1.30 bits per heavy atom. The molecule has 1 heterocycles. The van der Waals surface area contributed by atoms with Gasteiger partial charge in [-0.3, -0.25) is 0 Å². The lowest BCUT2D eigenvalue weighted by molar-refractivity contribution is 0.406. The van der Waals surface area contributed by atoms with E-state index < -0.39 is 0 Å². The van der Waals surface area contributed by atoms with Crippen LogP contribution >= 0.6 is 11.3 Å². The second kappa shape index (κ2) is 6.86. The number of para-hydroxylation sites is 1. The molecule has 20 heavy (non-hydrogen) atoms. The van der Waals surface area contributed by atoms with Crippen molar-refractivity contribution in [2.24, 2.45) is 0 Å². The monoisotopic (exact) mass is 290 g/mol. The molecule has 1 aromatic carbocycles. The van der Waals surface area contributed by atoms with E-state index in [1.54, 1.807) is 18.4 Å². The molecule has 0 radical (unpaired) electrons. The van der Waals surface area contributed by atoms with Gasteiger partial charge in [0.1, 0.15) is 5.75 Å². The van der Waals surface area contributed by atoms with E-state index in [9.17, 15) is 0 Å². The summed E-state index contributed by atoms with van der Waals surface area (Å²) in [4.78, 5) is 5.79. The summed E-state index contributed by atoms with van der Waals surface area (Å²) in [6.45, 7) is 7.22. The summed E-state index contributed by atoms with van der Waals surface area (Å²) >= 11 is 1.77. The number of thiazole rings is 1. The van der Waals surface area contributed by atoms with Crippen molar-refractivity contribution in [1.82, 2.24) is 10.3 Å². The van der Waals surface area contributed by atoms with Crippen molar-refractivity contribution in [2.75, 3.05) is 7.11 Å². The van der Waals surface area contributed by atoms with E-state index in [0.717, 1.165) is 29.4 Å². The third-order valence-corrected chi connectivity index (χ3v) is 4.40. The van der Waals surface area contributed by atoms with Gasteiger partial charge in [0.2, 0.25) is 0 Å². The Labute approximate surface area is 125 Å². The molecule has 1 unspecified atom stereocenters. The minimum absolute atomic E-state index is 0.396. The van der Waals surface area contributed by atoms with E-state index in [1.807, 2.05) is 12.1 Å². The van der Waals surface area contributed by atoms with Gasteiger partial charge in [0.25, 0.3) is 0 Å². The molecule has 0 bridgehead atoms. The first-order valence-corrected chi connectivity index (χ1v) is 7.70.